The van der Waals surface area contributed by atoms with Crippen molar-refractivity contribution in [3.63, 3.8) is 0 Å². The molecule has 0 radical (unpaired) electrons. The van der Waals surface area contributed by atoms with Gasteiger partial charge in [-0.15, -0.1) is 0 Å². The number of ether oxygens (including phenoxy) is 2. The summed E-state index contributed by atoms with van der Waals surface area (Å²) in [5, 5.41) is 0. The van der Waals surface area contributed by atoms with Crippen LogP contribution in [0.1, 0.15) is 38.5 Å². The van der Waals surface area contributed by atoms with Crippen molar-refractivity contribution in [3.8, 4) is 11.5 Å². The van der Waals surface area contributed by atoms with E-state index in [9.17, 15) is 4.79 Å². The Kier molecular flexibility index (Phi) is 6.19. The second-order valence-electron chi connectivity index (χ2n) is 7.11. The monoisotopic (exact) mass is 346 g/mol. The van der Waals surface area contributed by atoms with Gasteiger partial charge in [0.2, 0.25) is 5.91 Å². The van der Waals surface area contributed by atoms with E-state index >= 15 is 0 Å². The van der Waals surface area contributed by atoms with Gasteiger partial charge in [-0.25, -0.2) is 0 Å². The molecule has 0 N–H and O–H groups in total. The number of amides is 1. The van der Waals surface area contributed by atoms with Crippen molar-refractivity contribution in [3.05, 3.63) is 24.3 Å². The first-order chi connectivity index (χ1) is 12.2. The van der Waals surface area contributed by atoms with Crippen LogP contribution in [0.2, 0.25) is 0 Å². The molecule has 1 amide bonds. The minimum atomic E-state index is 0.293. The Hall–Kier alpha value is -1.75. The summed E-state index contributed by atoms with van der Waals surface area (Å²) in [7, 11) is 3.85. The van der Waals surface area contributed by atoms with Crippen LogP contribution in [0.15, 0.2) is 24.3 Å². The number of hydrogen-bond donors (Lipinski definition) is 0. The topological polar surface area (TPSA) is 42.0 Å². The number of hydrogen-bond acceptors (Lipinski definition) is 4. The molecule has 0 spiro atoms. The lowest BCUT2D eigenvalue weighted by Crippen LogP contribution is -2.47. The Morgan fingerprint density at radius 3 is 2.44 bits per heavy atom. The average molecular weight is 346 g/mol. The van der Waals surface area contributed by atoms with E-state index in [1.807, 2.05) is 24.3 Å². The highest BCUT2D eigenvalue weighted by atomic mass is 16.5. The number of nitrogens with zero attached hydrogens (tertiary/aromatic N) is 2. The number of carbonyl (C=O) groups is 1. The predicted molar refractivity (Wildman–Crippen MR) is 98.1 cm³/mol. The Balaban J connectivity index is 1.42. The molecule has 2 heterocycles. The van der Waals surface area contributed by atoms with E-state index in [1.54, 1.807) is 7.11 Å². The van der Waals surface area contributed by atoms with Gasteiger partial charge in [0, 0.05) is 25.0 Å². The maximum Gasteiger partial charge on any atom is 0.222 e. The van der Waals surface area contributed by atoms with Crippen LogP contribution in [0.5, 0.6) is 11.5 Å². The van der Waals surface area contributed by atoms with Crippen LogP contribution in [0.4, 0.5) is 0 Å². The maximum absolute atomic E-state index is 12.6. The minimum Gasteiger partial charge on any atom is -0.497 e. The molecule has 3 rings (SSSR count). The summed E-state index contributed by atoms with van der Waals surface area (Å²) in [6, 6.07) is 8.53. The van der Waals surface area contributed by atoms with Gasteiger partial charge < -0.3 is 19.3 Å². The van der Waals surface area contributed by atoms with Gasteiger partial charge >= 0.3 is 0 Å². The third kappa shape index (κ3) is 4.46. The van der Waals surface area contributed by atoms with Crippen molar-refractivity contribution < 1.29 is 14.3 Å². The molecule has 25 heavy (non-hydrogen) atoms. The Labute approximate surface area is 150 Å². The van der Waals surface area contributed by atoms with Crippen LogP contribution in [0.3, 0.4) is 0 Å². The minimum absolute atomic E-state index is 0.293. The lowest BCUT2D eigenvalue weighted by Gasteiger charge is -2.33. The summed E-state index contributed by atoms with van der Waals surface area (Å²) in [6.45, 7) is 2.66. The molecule has 2 aliphatic rings. The van der Waals surface area contributed by atoms with Gasteiger partial charge in [0.05, 0.1) is 13.7 Å². The highest BCUT2D eigenvalue weighted by molar-refractivity contribution is 5.76. The summed E-state index contributed by atoms with van der Waals surface area (Å²) >= 11 is 0. The first kappa shape index (κ1) is 18.1. The molecular formula is C20H30N2O3. The molecule has 2 atom stereocenters. The van der Waals surface area contributed by atoms with Gasteiger partial charge in [-0.3, -0.25) is 4.79 Å². The van der Waals surface area contributed by atoms with Crippen LogP contribution < -0.4 is 9.47 Å². The second-order valence-corrected chi connectivity index (χ2v) is 7.11. The molecule has 0 aromatic heterocycles. The summed E-state index contributed by atoms with van der Waals surface area (Å²) in [5.41, 5.74) is 0. The Bertz CT molecular complexity index is 561. The fraction of sp³-hybridized carbons (Fsp3) is 0.650. The number of likely N-dealkylation sites (tertiary alicyclic amines) is 2. The van der Waals surface area contributed by atoms with Crippen LogP contribution in [-0.2, 0) is 4.79 Å². The third-order valence-corrected chi connectivity index (χ3v) is 5.50. The molecule has 2 saturated heterocycles. The van der Waals surface area contributed by atoms with Crippen molar-refractivity contribution >= 4 is 5.91 Å². The van der Waals surface area contributed by atoms with Gasteiger partial charge in [0.15, 0.2) is 0 Å². The van der Waals surface area contributed by atoms with Crippen LogP contribution in [0, 0.1) is 0 Å². The maximum atomic E-state index is 12.6. The predicted octanol–water partition coefficient (Wildman–Crippen LogP) is 2.94. The molecule has 2 fully saturated rings. The molecule has 1 aromatic carbocycles. The lowest BCUT2D eigenvalue weighted by molar-refractivity contribution is -0.133. The van der Waals surface area contributed by atoms with Gasteiger partial charge in [0.1, 0.15) is 11.5 Å². The molecule has 138 valence electrons. The lowest BCUT2D eigenvalue weighted by atomic mass is 10.0. The zero-order chi connectivity index (χ0) is 17.6. The van der Waals surface area contributed by atoms with Crippen LogP contribution >= 0.6 is 0 Å². The van der Waals surface area contributed by atoms with Gasteiger partial charge in [-0.2, -0.15) is 0 Å². The van der Waals surface area contributed by atoms with Crippen molar-refractivity contribution in [2.75, 3.05) is 33.9 Å². The number of carbonyl (C=O) groups excluding carboxylic acids is 1. The van der Waals surface area contributed by atoms with Gasteiger partial charge in [0.25, 0.3) is 0 Å². The zero-order valence-corrected chi connectivity index (χ0v) is 15.4. The summed E-state index contributed by atoms with van der Waals surface area (Å²) in [6.07, 6.45) is 6.12. The number of rotatable bonds is 7. The third-order valence-electron chi connectivity index (χ3n) is 5.50. The van der Waals surface area contributed by atoms with Crippen molar-refractivity contribution in [1.29, 1.82) is 0 Å². The second kappa shape index (κ2) is 8.56. The van der Waals surface area contributed by atoms with E-state index in [2.05, 4.69) is 16.8 Å². The van der Waals surface area contributed by atoms with Crippen molar-refractivity contribution in [1.82, 2.24) is 9.80 Å². The summed E-state index contributed by atoms with van der Waals surface area (Å²) in [4.78, 5) is 17.2. The van der Waals surface area contributed by atoms with E-state index in [1.165, 1.54) is 19.4 Å². The van der Waals surface area contributed by atoms with Crippen LogP contribution in [-0.4, -0.2) is 61.6 Å². The van der Waals surface area contributed by atoms with Crippen molar-refractivity contribution in [2.45, 2.75) is 50.6 Å². The molecule has 0 saturated carbocycles. The zero-order valence-electron chi connectivity index (χ0n) is 15.4. The van der Waals surface area contributed by atoms with Crippen LogP contribution in [0.25, 0.3) is 0 Å². The smallest absolute Gasteiger partial charge is 0.222 e. The SMILES string of the molecule is COc1ccc(OCCCC(=O)N2CCC[C@@H]2[C@H]2CCCN2C)cc1. The first-order valence-corrected chi connectivity index (χ1v) is 9.45. The summed E-state index contributed by atoms with van der Waals surface area (Å²) in [5.74, 6) is 1.93. The highest BCUT2D eigenvalue weighted by Gasteiger charge is 2.37. The number of likely N-dealkylation sites (N-methyl/N-ethyl adjacent to an activating group) is 1. The Morgan fingerprint density at radius 2 is 1.76 bits per heavy atom. The first-order valence-electron chi connectivity index (χ1n) is 9.45. The number of methoxy groups -OCH3 is 1. The van der Waals surface area contributed by atoms with E-state index in [4.69, 9.17) is 9.47 Å². The fourth-order valence-electron chi connectivity index (χ4n) is 4.15. The van der Waals surface area contributed by atoms with Gasteiger partial charge in [-0.05, 0) is 70.0 Å². The molecular weight excluding hydrogens is 316 g/mol. The average Bonchev–Trinajstić information content (AvgIpc) is 3.27. The molecule has 0 aliphatic carbocycles. The highest BCUT2D eigenvalue weighted by Crippen LogP contribution is 2.29. The normalized spacial score (nSPS) is 23.8. The number of benzene rings is 1. The molecule has 5 heteroatoms. The summed E-state index contributed by atoms with van der Waals surface area (Å²) < 4.78 is 10.9. The van der Waals surface area contributed by atoms with E-state index in [0.717, 1.165) is 37.3 Å². The molecule has 5 nitrogen and oxygen atoms in total. The van der Waals surface area contributed by atoms with Gasteiger partial charge in [-0.1, -0.05) is 0 Å². The molecule has 0 bridgehead atoms. The van der Waals surface area contributed by atoms with Crippen molar-refractivity contribution in [2.24, 2.45) is 0 Å². The largest absolute Gasteiger partial charge is 0.497 e. The van der Waals surface area contributed by atoms with E-state index < -0.39 is 0 Å². The molecule has 2 aliphatic heterocycles. The Morgan fingerprint density at radius 1 is 1.08 bits per heavy atom. The standard InChI is InChI=1S/C20H30N2O3/c1-21-13-3-6-18(21)19-7-4-14-22(19)20(23)8-5-15-25-17-11-9-16(24-2)10-12-17/h9-12,18-19H,3-8,13-15H2,1-2H3/t18-,19-/m1/s1. The van der Waals surface area contributed by atoms with E-state index in [0.29, 0.717) is 31.0 Å². The van der Waals surface area contributed by atoms with E-state index in [-0.39, 0.29) is 0 Å². The quantitative estimate of drug-likeness (QED) is 0.712. The fourth-order valence-corrected chi connectivity index (χ4v) is 4.15. The molecule has 1 aromatic rings. The molecule has 0 unspecified atom stereocenters.